The molecule has 0 spiro atoms. The summed E-state index contributed by atoms with van der Waals surface area (Å²) < 4.78 is 16.4. The monoisotopic (exact) mass is 355 g/mol. The topological polar surface area (TPSA) is 26.0 Å². The molecule has 5 heteroatoms. The van der Waals surface area contributed by atoms with Crippen LogP contribution in [0.2, 0.25) is 0 Å². The molecular formula is C14H11BrFNS2. The van der Waals surface area contributed by atoms with Gasteiger partial charge < -0.3 is 5.73 Å². The lowest BCUT2D eigenvalue weighted by Crippen LogP contribution is -2.12. The molecule has 1 aromatic carbocycles. The number of rotatable bonds is 3. The average Bonchev–Trinajstić information content (AvgIpc) is 2.93. The van der Waals surface area contributed by atoms with Crippen molar-refractivity contribution in [3.63, 3.8) is 0 Å². The van der Waals surface area contributed by atoms with Gasteiger partial charge >= 0.3 is 0 Å². The van der Waals surface area contributed by atoms with E-state index in [1.54, 1.807) is 28.7 Å². The third-order valence-electron chi connectivity index (χ3n) is 2.98. The van der Waals surface area contributed by atoms with Crippen LogP contribution in [0.4, 0.5) is 4.39 Å². The molecule has 0 saturated heterocycles. The number of hydrogen-bond acceptors (Lipinski definition) is 3. The highest BCUT2D eigenvalue weighted by atomic mass is 79.9. The lowest BCUT2D eigenvalue weighted by atomic mass is 10.1. The Morgan fingerprint density at radius 1 is 1.21 bits per heavy atom. The molecule has 3 aromatic rings. The lowest BCUT2D eigenvalue weighted by molar-refractivity contribution is 0.624. The maximum absolute atomic E-state index is 13.0. The first kappa shape index (κ1) is 13.2. The van der Waals surface area contributed by atoms with Crippen LogP contribution < -0.4 is 5.73 Å². The van der Waals surface area contributed by atoms with E-state index in [1.165, 1.54) is 26.4 Å². The number of hydrogen-bond donors (Lipinski definition) is 1. The van der Waals surface area contributed by atoms with E-state index >= 15 is 0 Å². The Labute approximate surface area is 127 Å². The van der Waals surface area contributed by atoms with E-state index in [0.29, 0.717) is 6.42 Å². The zero-order chi connectivity index (χ0) is 13.4. The molecule has 0 radical (unpaired) electrons. The van der Waals surface area contributed by atoms with Crippen molar-refractivity contribution in [2.45, 2.75) is 12.5 Å². The molecule has 1 unspecified atom stereocenters. The van der Waals surface area contributed by atoms with Gasteiger partial charge in [0, 0.05) is 24.8 Å². The molecule has 0 aliphatic carbocycles. The van der Waals surface area contributed by atoms with Crippen LogP contribution in [0.15, 0.2) is 40.2 Å². The van der Waals surface area contributed by atoms with Gasteiger partial charge in [0.1, 0.15) is 5.82 Å². The summed E-state index contributed by atoms with van der Waals surface area (Å²) in [4.78, 5) is 1.18. The summed E-state index contributed by atoms with van der Waals surface area (Å²) in [7, 11) is 0. The summed E-state index contributed by atoms with van der Waals surface area (Å²) in [6.45, 7) is 0. The molecule has 1 nitrogen and oxygen atoms in total. The highest BCUT2D eigenvalue weighted by molar-refractivity contribution is 9.10. The van der Waals surface area contributed by atoms with Crippen LogP contribution in [0.1, 0.15) is 16.5 Å². The van der Waals surface area contributed by atoms with Crippen molar-refractivity contribution < 1.29 is 4.39 Å². The van der Waals surface area contributed by atoms with Crippen molar-refractivity contribution >= 4 is 48.0 Å². The highest BCUT2D eigenvalue weighted by Crippen LogP contribution is 2.34. The molecule has 2 heterocycles. The number of benzene rings is 1. The summed E-state index contributed by atoms with van der Waals surface area (Å²) in [5.74, 6) is -0.235. The predicted octanol–water partition coefficient (Wildman–Crippen LogP) is 5.11. The van der Waals surface area contributed by atoms with Gasteiger partial charge in [0.25, 0.3) is 0 Å². The van der Waals surface area contributed by atoms with Crippen LogP contribution in [0.3, 0.4) is 0 Å². The minimum atomic E-state index is -0.235. The van der Waals surface area contributed by atoms with Gasteiger partial charge in [-0.2, -0.15) is 0 Å². The molecule has 0 fully saturated rings. The molecular weight excluding hydrogens is 345 g/mol. The van der Waals surface area contributed by atoms with Crippen molar-refractivity contribution in [3.8, 4) is 0 Å². The second-order valence-corrected chi connectivity index (χ2v) is 7.26. The fourth-order valence-electron chi connectivity index (χ4n) is 1.99. The van der Waals surface area contributed by atoms with Gasteiger partial charge in [-0.3, -0.25) is 0 Å². The maximum atomic E-state index is 13.0. The summed E-state index contributed by atoms with van der Waals surface area (Å²) >= 11 is 6.85. The molecule has 0 saturated carbocycles. The Kier molecular flexibility index (Phi) is 3.71. The molecule has 19 heavy (non-hydrogen) atoms. The van der Waals surface area contributed by atoms with Crippen molar-refractivity contribution in [1.82, 2.24) is 0 Å². The fourth-order valence-corrected chi connectivity index (χ4v) is 4.63. The first-order valence-corrected chi connectivity index (χ1v) is 8.29. The van der Waals surface area contributed by atoms with Crippen LogP contribution >= 0.6 is 38.6 Å². The zero-order valence-electron chi connectivity index (χ0n) is 9.90. The Morgan fingerprint density at radius 3 is 2.79 bits per heavy atom. The molecule has 3 rings (SSSR count). The minimum absolute atomic E-state index is 0.0497. The normalized spacial score (nSPS) is 13.0. The highest BCUT2D eigenvalue weighted by Gasteiger charge is 2.13. The lowest BCUT2D eigenvalue weighted by Gasteiger charge is -2.11. The van der Waals surface area contributed by atoms with Crippen molar-refractivity contribution in [2.24, 2.45) is 5.73 Å². The molecule has 0 aliphatic heterocycles. The maximum Gasteiger partial charge on any atom is 0.124 e. The van der Waals surface area contributed by atoms with Crippen molar-refractivity contribution in [1.29, 1.82) is 0 Å². The molecule has 0 aliphatic rings. The molecule has 98 valence electrons. The Morgan fingerprint density at radius 2 is 2.05 bits per heavy atom. The summed E-state index contributed by atoms with van der Waals surface area (Å²) in [6.07, 6.45) is 0.703. The smallest absolute Gasteiger partial charge is 0.124 e. The van der Waals surface area contributed by atoms with E-state index in [0.717, 1.165) is 10.0 Å². The molecule has 1 atom stereocenters. The van der Waals surface area contributed by atoms with Crippen LogP contribution in [-0.4, -0.2) is 0 Å². The zero-order valence-corrected chi connectivity index (χ0v) is 13.1. The molecule has 2 aromatic heterocycles. The van der Waals surface area contributed by atoms with E-state index in [1.807, 2.05) is 0 Å². The quantitative estimate of drug-likeness (QED) is 0.694. The van der Waals surface area contributed by atoms with Gasteiger partial charge in [-0.15, -0.1) is 22.7 Å². The van der Waals surface area contributed by atoms with Crippen molar-refractivity contribution in [2.75, 3.05) is 0 Å². The summed E-state index contributed by atoms with van der Waals surface area (Å²) in [6, 6.07) is 8.97. The molecule has 0 amide bonds. The van der Waals surface area contributed by atoms with E-state index in [-0.39, 0.29) is 11.9 Å². The number of halogens is 2. The number of nitrogens with two attached hydrogens (primary N) is 1. The van der Waals surface area contributed by atoms with E-state index in [9.17, 15) is 4.39 Å². The van der Waals surface area contributed by atoms with E-state index in [2.05, 4.69) is 33.4 Å². The van der Waals surface area contributed by atoms with Crippen molar-refractivity contribution in [3.05, 3.63) is 56.4 Å². The second kappa shape index (κ2) is 5.32. The number of fused-ring (bicyclic) bond motifs is 1. The van der Waals surface area contributed by atoms with Gasteiger partial charge in [-0.05, 0) is 41.6 Å². The third kappa shape index (κ3) is 2.74. The minimum Gasteiger partial charge on any atom is -0.323 e. The SMILES string of the molecule is NC(Cc1ccc(F)cc1Br)c1cc2sccc2s1. The second-order valence-electron chi connectivity index (χ2n) is 4.34. The predicted molar refractivity (Wildman–Crippen MR) is 84.4 cm³/mol. The average molecular weight is 356 g/mol. The summed E-state index contributed by atoms with van der Waals surface area (Å²) in [5, 5.41) is 2.09. The van der Waals surface area contributed by atoms with Gasteiger partial charge in [0.15, 0.2) is 0 Å². The van der Waals surface area contributed by atoms with Gasteiger partial charge in [-0.25, -0.2) is 4.39 Å². The Hall–Kier alpha value is -0.750. The van der Waals surface area contributed by atoms with Gasteiger partial charge in [0.05, 0.1) is 0 Å². The standard InChI is InChI=1S/C14H11BrFNS2/c15-10-6-9(16)2-1-8(10)5-11(17)13-7-14-12(19-13)3-4-18-14/h1-4,6-7,11H,5,17H2. The van der Waals surface area contributed by atoms with E-state index < -0.39 is 0 Å². The summed E-state index contributed by atoms with van der Waals surface area (Å²) in [5.41, 5.74) is 7.29. The van der Waals surface area contributed by atoms with Gasteiger partial charge in [-0.1, -0.05) is 22.0 Å². The fraction of sp³-hybridized carbons (Fsp3) is 0.143. The first-order valence-electron chi connectivity index (χ1n) is 5.80. The van der Waals surface area contributed by atoms with Gasteiger partial charge in [0.2, 0.25) is 0 Å². The third-order valence-corrected chi connectivity index (χ3v) is 5.94. The molecule has 0 bridgehead atoms. The largest absolute Gasteiger partial charge is 0.323 e. The van der Waals surface area contributed by atoms with Crippen LogP contribution in [0, 0.1) is 5.82 Å². The first-order chi connectivity index (χ1) is 9.13. The number of thiophene rings is 2. The van der Waals surface area contributed by atoms with Crippen LogP contribution in [-0.2, 0) is 6.42 Å². The van der Waals surface area contributed by atoms with E-state index in [4.69, 9.17) is 5.73 Å². The van der Waals surface area contributed by atoms with Crippen LogP contribution in [0.25, 0.3) is 9.40 Å². The Balaban J connectivity index is 1.84. The van der Waals surface area contributed by atoms with Crippen LogP contribution in [0.5, 0.6) is 0 Å². The Bertz CT molecular complexity index is 691. The molecule has 2 N–H and O–H groups in total.